The van der Waals surface area contributed by atoms with Crippen molar-refractivity contribution < 1.29 is 59.0 Å². The largest absolute Gasteiger partial charge is 0.508 e. The lowest BCUT2D eigenvalue weighted by molar-refractivity contribution is -0.140. The van der Waals surface area contributed by atoms with Gasteiger partial charge in [0.15, 0.2) is 5.82 Å². The number of amides is 3. The van der Waals surface area contributed by atoms with Crippen molar-refractivity contribution in [1.82, 2.24) is 49.9 Å². The maximum atomic E-state index is 13.1. The first-order valence-corrected chi connectivity index (χ1v) is 23.1. The summed E-state index contributed by atoms with van der Waals surface area (Å²) in [5.74, 6) is -3.66. The van der Waals surface area contributed by atoms with Gasteiger partial charge in [0, 0.05) is 90.3 Å². The number of ether oxygens (including phenoxy) is 1. The van der Waals surface area contributed by atoms with Crippen molar-refractivity contribution in [2.75, 3.05) is 118 Å². The number of phenols is 2. The van der Waals surface area contributed by atoms with Gasteiger partial charge < -0.3 is 45.8 Å². The molecule has 22 heteroatoms. The predicted molar refractivity (Wildman–Crippen MR) is 248 cm³/mol. The van der Waals surface area contributed by atoms with E-state index in [0.29, 0.717) is 62.6 Å². The van der Waals surface area contributed by atoms with Gasteiger partial charge in [-0.1, -0.05) is 26.0 Å². The molecular weight excluding hydrogens is 885 g/mol. The van der Waals surface area contributed by atoms with E-state index in [1.54, 1.807) is 32.3 Å². The van der Waals surface area contributed by atoms with Gasteiger partial charge in [0.05, 0.1) is 51.4 Å². The Bertz CT molecular complexity index is 2160. The number of piperidine rings is 1. The molecule has 7 N–H and O–H groups in total. The third-order valence-corrected chi connectivity index (χ3v) is 12.1. The summed E-state index contributed by atoms with van der Waals surface area (Å²) in [7, 11) is 0. The van der Waals surface area contributed by atoms with E-state index in [4.69, 9.17) is 4.74 Å². The minimum atomic E-state index is -1.04. The molecule has 0 spiro atoms. The van der Waals surface area contributed by atoms with Crippen molar-refractivity contribution in [2.45, 2.75) is 51.9 Å². The number of hydrogen-bond donors (Lipinski definition) is 7. The first-order valence-electron chi connectivity index (χ1n) is 23.1. The van der Waals surface area contributed by atoms with Gasteiger partial charge in [-0.05, 0) is 60.9 Å². The number of aliphatic carboxylic acids is 3. The zero-order valence-corrected chi connectivity index (χ0v) is 39.1. The number of carbonyl (C=O) groups excluding carboxylic acids is 3. The molecule has 2 saturated heterocycles. The first-order chi connectivity index (χ1) is 32.5. The average molecular weight is 951 g/mol. The van der Waals surface area contributed by atoms with Crippen molar-refractivity contribution in [3.8, 4) is 28.6 Å². The number of hydrogen-bond acceptors (Lipinski definition) is 15. The number of phenolic OH excluding ortho intramolecular Hbond substituents is 2. The van der Waals surface area contributed by atoms with Gasteiger partial charge in [-0.3, -0.25) is 52.9 Å². The Balaban J connectivity index is 1.07. The SMILES string of the molecule is CCNC(=O)c1nnc(-c2cc(C(C)C)c(O)cc2O)n1-c1ccc(C2CCN(C(=O)CCOCCNC(=O)CN3CCN(CC(=O)O)CCN(CC(=O)O)CCN(CC(=O)O)CC3)CC2)cc1. The molecule has 3 heterocycles. The van der Waals surface area contributed by atoms with Crippen LogP contribution in [0.5, 0.6) is 11.5 Å². The molecule has 0 radical (unpaired) electrons. The zero-order valence-electron chi connectivity index (χ0n) is 39.1. The molecule has 68 heavy (non-hydrogen) atoms. The molecule has 2 aromatic carbocycles. The van der Waals surface area contributed by atoms with Crippen molar-refractivity contribution in [2.24, 2.45) is 0 Å². The fourth-order valence-corrected chi connectivity index (χ4v) is 8.41. The van der Waals surface area contributed by atoms with E-state index in [2.05, 4.69) is 20.8 Å². The summed E-state index contributed by atoms with van der Waals surface area (Å²) >= 11 is 0. The third-order valence-electron chi connectivity index (χ3n) is 12.1. The minimum absolute atomic E-state index is 0.0149. The lowest BCUT2D eigenvalue weighted by Crippen LogP contribution is -2.50. The van der Waals surface area contributed by atoms with E-state index < -0.39 is 23.8 Å². The second-order valence-corrected chi connectivity index (χ2v) is 17.4. The van der Waals surface area contributed by atoms with Crippen LogP contribution in [0.1, 0.15) is 73.6 Å². The average Bonchev–Trinajstić information content (AvgIpc) is 3.73. The van der Waals surface area contributed by atoms with Crippen LogP contribution in [0.4, 0.5) is 0 Å². The maximum Gasteiger partial charge on any atom is 0.317 e. The van der Waals surface area contributed by atoms with Crippen LogP contribution in [-0.2, 0) is 28.7 Å². The first kappa shape index (κ1) is 52.8. The number of carbonyl (C=O) groups is 6. The highest BCUT2D eigenvalue weighted by Gasteiger charge is 2.27. The highest BCUT2D eigenvalue weighted by molar-refractivity contribution is 5.92. The Morgan fingerprint density at radius 1 is 0.691 bits per heavy atom. The smallest absolute Gasteiger partial charge is 0.317 e. The maximum absolute atomic E-state index is 13.1. The number of carboxylic acid groups (broad SMARTS) is 3. The van der Waals surface area contributed by atoms with Crippen molar-refractivity contribution in [1.29, 1.82) is 0 Å². The molecule has 2 aliphatic rings. The van der Waals surface area contributed by atoms with Crippen LogP contribution in [0.15, 0.2) is 36.4 Å². The zero-order chi connectivity index (χ0) is 49.3. The monoisotopic (exact) mass is 950 g/mol. The summed E-state index contributed by atoms with van der Waals surface area (Å²) in [6.45, 7) is 9.27. The van der Waals surface area contributed by atoms with Crippen LogP contribution in [0.2, 0.25) is 0 Å². The van der Waals surface area contributed by atoms with Crippen molar-refractivity contribution in [3.05, 3.63) is 53.3 Å². The molecule has 1 aromatic heterocycles. The van der Waals surface area contributed by atoms with Gasteiger partial charge in [-0.25, -0.2) is 0 Å². The van der Waals surface area contributed by atoms with E-state index >= 15 is 0 Å². The Kier molecular flexibility index (Phi) is 20.0. The summed E-state index contributed by atoms with van der Waals surface area (Å²) in [5, 5.41) is 63.7. The Hall–Kier alpha value is -6.20. The number of rotatable bonds is 20. The van der Waals surface area contributed by atoms with Gasteiger partial charge in [-0.15, -0.1) is 10.2 Å². The molecule has 22 nitrogen and oxygen atoms in total. The van der Waals surface area contributed by atoms with Gasteiger partial charge in [0.2, 0.25) is 17.6 Å². The standard InChI is InChI=1S/C46H66N10O12/c1-4-47-46(67)45-50-49-44(36-25-35(31(2)3)37(57)26-38(36)58)56(45)34-7-5-32(6-8-34)33-9-13-55(14-10-33)40(60)11-23-68-24-12-48-39(59)27-51-15-17-52(28-41(61)62)19-21-54(30-43(65)66)22-20-53(18-16-51)29-42(63)64/h5-8,25-26,31,33,57-58H,4,9-24,27-30H2,1-3H3,(H,47,67)(H,48,59)(H,61,62)(H,63,64)(H,65,66). The number of benzene rings is 2. The second kappa shape index (κ2) is 25.8. The van der Waals surface area contributed by atoms with Gasteiger partial charge in [-0.2, -0.15) is 0 Å². The Labute approximate surface area is 395 Å². The molecule has 0 aliphatic carbocycles. The van der Waals surface area contributed by atoms with Crippen LogP contribution in [0, 0.1) is 0 Å². The molecule has 3 amide bonds. The highest BCUT2D eigenvalue weighted by atomic mass is 16.5. The number of aromatic hydroxyl groups is 2. The molecule has 372 valence electrons. The molecule has 2 aliphatic heterocycles. The fraction of sp³-hybridized carbons (Fsp3) is 0.565. The molecule has 2 fully saturated rings. The van der Waals surface area contributed by atoms with Crippen LogP contribution >= 0.6 is 0 Å². The van der Waals surface area contributed by atoms with Crippen LogP contribution in [0.25, 0.3) is 17.1 Å². The minimum Gasteiger partial charge on any atom is -0.508 e. The molecule has 3 aromatic rings. The topological polar surface area (TPSA) is 284 Å². The summed E-state index contributed by atoms with van der Waals surface area (Å²) in [4.78, 5) is 82.5. The lowest BCUT2D eigenvalue weighted by Gasteiger charge is -2.32. The summed E-state index contributed by atoms with van der Waals surface area (Å²) in [6, 6.07) is 10.6. The normalized spacial score (nSPS) is 16.5. The molecule has 0 bridgehead atoms. The lowest BCUT2D eigenvalue weighted by atomic mass is 9.89. The number of aromatic nitrogens is 3. The number of nitrogens with zero attached hydrogens (tertiary/aromatic N) is 8. The van der Waals surface area contributed by atoms with Crippen LogP contribution in [0.3, 0.4) is 0 Å². The fourth-order valence-electron chi connectivity index (χ4n) is 8.41. The van der Waals surface area contributed by atoms with E-state index in [-0.39, 0.29) is 125 Å². The predicted octanol–water partition coefficient (Wildman–Crippen LogP) is 0.923. The summed E-state index contributed by atoms with van der Waals surface area (Å²) in [5.41, 5.74) is 2.61. The van der Waals surface area contributed by atoms with E-state index in [1.165, 1.54) is 6.07 Å². The highest BCUT2D eigenvalue weighted by Crippen LogP contribution is 2.38. The molecular formula is C46H66N10O12. The van der Waals surface area contributed by atoms with E-state index in [0.717, 1.165) is 18.4 Å². The number of likely N-dealkylation sites (tertiary alicyclic amines) is 1. The van der Waals surface area contributed by atoms with Crippen LogP contribution in [-0.4, -0.2) is 218 Å². The molecule has 0 unspecified atom stereocenters. The molecule has 0 saturated carbocycles. The summed E-state index contributed by atoms with van der Waals surface area (Å²) in [6.07, 6.45) is 1.67. The van der Waals surface area contributed by atoms with E-state index in [9.17, 15) is 54.3 Å². The number of nitrogens with one attached hydrogen (secondary N) is 2. The van der Waals surface area contributed by atoms with Crippen molar-refractivity contribution in [3.63, 3.8) is 0 Å². The Morgan fingerprint density at radius 3 is 1.72 bits per heavy atom. The van der Waals surface area contributed by atoms with Gasteiger partial charge in [0.1, 0.15) is 11.5 Å². The van der Waals surface area contributed by atoms with Gasteiger partial charge in [0.25, 0.3) is 5.91 Å². The van der Waals surface area contributed by atoms with Crippen LogP contribution < -0.4 is 10.6 Å². The third kappa shape index (κ3) is 15.7. The number of carboxylic acids is 3. The molecule has 5 rings (SSSR count). The van der Waals surface area contributed by atoms with Crippen molar-refractivity contribution >= 4 is 35.6 Å². The van der Waals surface area contributed by atoms with E-state index in [1.807, 2.05) is 47.9 Å². The quantitative estimate of drug-likeness (QED) is 0.0776. The second-order valence-electron chi connectivity index (χ2n) is 17.4. The van der Waals surface area contributed by atoms with Gasteiger partial charge >= 0.3 is 17.9 Å². The molecule has 0 atom stereocenters. The Morgan fingerprint density at radius 2 is 1.22 bits per heavy atom. The summed E-state index contributed by atoms with van der Waals surface area (Å²) < 4.78 is 7.28.